The van der Waals surface area contributed by atoms with Crippen molar-refractivity contribution in [1.82, 2.24) is 10.2 Å². The van der Waals surface area contributed by atoms with Crippen LogP contribution in [0, 0.1) is 0 Å². The molecule has 6 nitrogen and oxygen atoms in total. The predicted molar refractivity (Wildman–Crippen MR) is 113 cm³/mol. The molecule has 28 heavy (non-hydrogen) atoms. The molecule has 2 N–H and O–H groups in total. The lowest BCUT2D eigenvalue weighted by Gasteiger charge is -2.22. The van der Waals surface area contributed by atoms with Gasteiger partial charge in [0.2, 0.25) is 5.91 Å². The van der Waals surface area contributed by atoms with Crippen LogP contribution in [0.3, 0.4) is 0 Å². The van der Waals surface area contributed by atoms with Crippen molar-refractivity contribution >= 4 is 17.6 Å². The Kier molecular flexibility index (Phi) is 6.53. The van der Waals surface area contributed by atoms with Crippen LogP contribution in [0.5, 0.6) is 5.75 Å². The molecule has 1 unspecified atom stereocenters. The molecule has 3 rings (SSSR count). The highest BCUT2D eigenvalue weighted by Crippen LogP contribution is 2.27. The summed E-state index contributed by atoms with van der Waals surface area (Å²) in [5, 5.41) is 6.25. The van der Waals surface area contributed by atoms with Crippen LogP contribution in [0.4, 0.5) is 5.69 Å². The van der Waals surface area contributed by atoms with E-state index in [-0.39, 0.29) is 5.91 Å². The molecule has 1 aliphatic rings. The predicted octanol–water partition coefficient (Wildman–Crippen LogP) is 3.22. The number of hydrogen-bond acceptors (Lipinski definition) is 3. The Balaban J connectivity index is 1.62. The molecule has 0 aliphatic carbocycles. The number of carbonyl (C=O) groups excluding carboxylic acids is 1. The van der Waals surface area contributed by atoms with Gasteiger partial charge in [0.1, 0.15) is 5.75 Å². The molecule has 148 valence electrons. The number of aliphatic imine (C=N–C) groups is 1. The molecule has 2 aromatic carbocycles. The molecule has 0 radical (unpaired) electrons. The van der Waals surface area contributed by atoms with Crippen molar-refractivity contribution in [2.24, 2.45) is 4.99 Å². The number of rotatable bonds is 5. The van der Waals surface area contributed by atoms with Gasteiger partial charge in [-0.2, -0.15) is 0 Å². The Labute approximate surface area is 166 Å². The number of nitrogens with zero attached hydrogens (tertiary/aromatic N) is 2. The van der Waals surface area contributed by atoms with Crippen LogP contribution in [0.1, 0.15) is 30.4 Å². The monoisotopic (exact) mass is 380 g/mol. The van der Waals surface area contributed by atoms with Crippen molar-refractivity contribution in [1.29, 1.82) is 0 Å². The van der Waals surface area contributed by atoms with Crippen molar-refractivity contribution in [3.05, 3.63) is 59.7 Å². The van der Waals surface area contributed by atoms with Gasteiger partial charge in [-0.05, 0) is 29.7 Å². The Morgan fingerprint density at radius 2 is 2.04 bits per heavy atom. The van der Waals surface area contributed by atoms with Crippen LogP contribution in [0.15, 0.2) is 53.5 Å². The van der Waals surface area contributed by atoms with E-state index < -0.39 is 0 Å². The summed E-state index contributed by atoms with van der Waals surface area (Å²) >= 11 is 0. The van der Waals surface area contributed by atoms with E-state index in [1.807, 2.05) is 25.2 Å². The number of nitrogens with one attached hydrogen (secondary N) is 2. The second-order valence-corrected chi connectivity index (χ2v) is 6.96. The lowest BCUT2D eigenvalue weighted by Crippen LogP contribution is -2.39. The molecular weight excluding hydrogens is 352 g/mol. The van der Waals surface area contributed by atoms with E-state index in [1.54, 1.807) is 7.11 Å². The highest BCUT2D eigenvalue weighted by Gasteiger charge is 2.25. The fraction of sp³-hybridized carbons (Fsp3) is 0.364. The summed E-state index contributed by atoms with van der Waals surface area (Å²) in [7, 11) is 3.41. The van der Waals surface area contributed by atoms with Crippen molar-refractivity contribution in [2.45, 2.75) is 25.8 Å². The third-order valence-corrected chi connectivity index (χ3v) is 5.00. The number of ether oxygens (including phenoxy) is 1. The molecule has 0 aromatic heterocycles. The van der Waals surface area contributed by atoms with Crippen LogP contribution in [0.25, 0.3) is 0 Å². The average Bonchev–Trinajstić information content (AvgIpc) is 3.19. The highest BCUT2D eigenvalue weighted by molar-refractivity contribution is 5.90. The van der Waals surface area contributed by atoms with E-state index in [9.17, 15) is 4.79 Å². The zero-order valence-electron chi connectivity index (χ0n) is 16.7. The van der Waals surface area contributed by atoms with Crippen LogP contribution in [-0.2, 0) is 11.3 Å². The van der Waals surface area contributed by atoms with Crippen molar-refractivity contribution in [3.63, 3.8) is 0 Å². The Hall–Kier alpha value is -3.02. The first-order valence-electron chi connectivity index (χ1n) is 9.55. The van der Waals surface area contributed by atoms with Gasteiger partial charge in [0, 0.05) is 39.5 Å². The molecule has 0 spiro atoms. The minimum absolute atomic E-state index is 0.122. The summed E-state index contributed by atoms with van der Waals surface area (Å²) in [4.78, 5) is 18.2. The van der Waals surface area contributed by atoms with Gasteiger partial charge in [-0.3, -0.25) is 9.79 Å². The molecule has 0 bridgehead atoms. The Morgan fingerprint density at radius 3 is 2.71 bits per heavy atom. The molecule has 1 amide bonds. The summed E-state index contributed by atoms with van der Waals surface area (Å²) in [6.07, 6.45) is 1.12. The van der Waals surface area contributed by atoms with Crippen LogP contribution in [0.2, 0.25) is 0 Å². The molecule has 1 atom stereocenters. The third-order valence-electron chi connectivity index (χ3n) is 5.00. The van der Waals surface area contributed by atoms with Crippen molar-refractivity contribution in [2.75, 3.05) is 32.6 Å². The average molecular weight is 380 g/mol. The number of amides is 1. The Bertz CT molecular complexity index is 836. The van der Waals surface area contributed by atoms with Gasteiger partial charge in [0.05, 0.1) is 12.8 Å². The van der Waals surface area contributed by atoms with E-state index in [0.29, 0.717) is 23.9 Å². The van der Waals surface area contributed by atoms with Gasteiger partial charge in [-0.15, -0.1) is 0 Å². The molecule has 1 saturated heterocycles. The third kappa shape index (κ3) is 4.82. The number of likely N-dealkylation sites (tertiary alicyclic amines) is 1. The standard InChI is InChI=1S/C22H28N4O2/c1-16(27)25-20-13-17(9-10-21(20)28-3)14-24-22(23-2)26-12-11-19(15-26)18-7-5-4-6-8-18/h4-10,13,19H,11-12,14-15H2,1-3H3,(H,23,24)(H,25,27). The molecule has 1 fully saturated rings. The molecule has 1 heterocycles. The van der Waals surface area contributed by atoms with E-state index in [2.05, 4.69) is 50.9 Å². The smallest absolute Gasteiger partial charge is 0.221 e. The number of carbonyl (C=O) groups is 1. The number of methoxy groups -OCH3 is 1. The molecular formula is C22H28N4O2. The number of hydrogen-bond donors (Lipinski definition) is 2. The fourth-order valence-electron chi connectivity index (χ4n) is 3.62. The molecule has 6 heteroatoms. The lowest BCUT2D eigenvalue weighted by atomic mass is 9.99. The maximum atomic E-state index is 11.4. The van der Waals surface area contributed by atoms with Gasteiger partial charge in [-0.25, -0.2) is 0 Å². The topological polar surface area (TPSA) is 66.0 Å². The van der Waals surface area contributed by atoms with Gasteiger partial charge in [-0.1, -0.05) is 36.4 Å². The van der Waals surface area contributed by atoms with Gasteiger partial charge >= 0.3 is 0 Å². The fourth-order valence-corrected chi connectivity index (χ4v) is 3.62. The largest absolute Gasteiger partial charge is 0.495 e. The SMILES string of the molecule is CN=C(NCc1ccc(OC)c(NC(C)=O)c1)N1CCC(c2ccccc2)C1. The number of anilines is 1. The van der Waals surface area contributed by atoms with Crippen molar-refractivity contribution < 1.29 is 9.53 Å². The molecule has 2 aromatic rings. The first kappa shape index (κ1) is 19.7. The zero-order valence-corrected chi connectivity index (χ0v) is 16.7. The van der Waals surface area contributed by atoms with Gasteiger partial charge in [0.15, 0.2) is 5.96 Å². The molecule has 1 aliphatic heterocycles. The summed E-state index contributed by atoms with van der Waals surface area (Å²) in [5.41, 5.74) is 3.11. The van der Waals surface area contributed by atoms with E-state index in [0.717, 1.165) is 31.0 Å². The van der Waals surface area contributed by atoms with Crippen LogP contribution in [-0.4, -0.2) is 44.0 Å². The summed E-state index contributed by atoms with van der Waals surface area (Å²) in [6, 6.07) is 16.4. The maximum Gasteiger partial charge on any atom is 0.221 e. The summed E-state index contributed by atoms with van der Waals surface area (Å²) < 4.78 is 5.32. The van der Waals surface area contributed by atoms with Gasteiger partial charge < -0.3 is 20.3 Å². The normalized spacial score (nSPS) is 16.8. The second kappa shape index (κ2) is 9.26. The zero-order chi connectivity index (χ0) is 19.9. The number of guanidine groups is 1. The van der Waals surface area contributed by atoms with Crippen LogP contribution < -0.4 is 15.4 Å². The first-order valence-corrected chi connectivity index (χ1v) is 9.55. The van der Waals surface area contributed by atoms with Gasteiger partial charge in [0.25, 0.3) is 0 Å². The summed E-state index contributed by atoms with van der Waals surface area (Å²) in [5.74, 6) is 1.96. The van der Waals surface area contributed by atoms with E-state index >= 15 is 0 Å². The minimum Gasteiger partial charge on any atom is -0.495 e. The van der Waals surface area contributed by atoms with E-state index in [1.165, 1.54) is 12.5 Å². The maximum absolute atomic E-state index is 11.4. The second-order valence-electron chi connectivity index (χ2n) is 6.96. The minimum atomic E-state index is -0.122. The first-order chi connectivity index (χ1) is 13.6. The Morgan fingerprint density at radius 1 is 1.25 bits per heavy atom. The quantitative estimate of drug-likeness (QED) is 0.617. The summed E-state index contributed by atoms with van der Waals surface area (Å²) in [6.45, 7) is 4.06. The highest BCUT2D eigenvalue weighted by atomic mass is 16.5. The van der Waals surface area contributed by atoms with E-state index in [4.69, 9.17) is 4.74 Å². The number of benzene rings is 2. The lowest BCUT2D eigenvalue weighted by molar-refractivity contribution is -0.114. The van der Waals surface area contributed by atoms with Crippen LogP contribution >= 0.6 is 0 Å². The molecule has 0 saturated carbocycles. The van der Waals surface area contributed by atoms with Crippen molar-refractivity contribution in [3.8, 4) is 5.75 Å².